The second kappa shape index (κ2) is 9.41. The molecule has 0 radical (unpaired) electrons. The van der Waals surface area contributed by atoms with Crippen LogP contribution in [0.5, 0.6) is 0 Å². The second-order valence-corrected chi connectivity index (χ2v) is 8.73. The summed E-state index contributed by atoms with van der Waals surface area (Å²) in [5.41, 5.74) is 3.18. The molecule has 2 aliphatic rings. The smallest absolute Gasteiger partial charge is 0.253 e. The molecule has 1 aromatic heterocycles. The Kier molecular flexibility index (Phi) is 6.46. The standard InChI is InChI=1S/C25H31N3O2/c1-18-7-12-23(26-17-18)27-24(29)21-13-15-28(16-14-21)25(30)22-10-8-20(9-11-22)19-5-3-2-4-6-19/h7-12,17,19,21H,2-6,13-16H2,1H3,(H,26,27,29). The molecular formula is C25H31N3O2. The molecule has 1 aliphatic carbocycles. The number of aromatic nitrogens is 1. The molecule has 1 aromatic carbocycles. The van der Waals surface area contributed by atoms with Crippen molar-refractivity contribution in [3.8, 4) is 0 Å². The van der Waals surface area contributed by atoms with E-state index >= 15 is 0 Å². The first-order valence-corrected chi connectivity index (χ1v) is 11.2. The number of likely N-dealkylation sites (tertiary alicyclic amines) is 1. The lowest BCUT2D eigenvalue weighted by molar-refractivity contribution is -0.121. The summed E-state index contributed by atoms with van der Waals surface area (Å²) in [6, 6.07) is 12.0. The van der Waals surface area contributed by atoms with E-state index in [-0.39, 0.29) is 17.7 Å². The molecule has 30 heavy (non-hydrogen) atoms. The van der Waals surface area contributed by atoms with Gasteiger partial charge in [-0.25, -0.2) is 4.98 Å². The van der Waals surface area contributed by atoms with Crippen molar-refractivity contribution in [1.29, 1.82) is 0 Å². The Morgan fingerprint density at radius 3 is 2.27 bits per heavy atom. The van der Waals surface area contributed by atoms with Crippen molar-refractivity contribution in [2.75, 3.05) is 18.4 Å². The van der Waals surface area contributed by atoms with Crippen molar-refractivity contribution >= 4 is 17.6 Å². The van der Waals surface area contributed by atoms with E-state index in [9.17, 15) is 9.59 Å². The predicted molar refractivity (Wildman–Crippen MR) is 118 cm³/mol. The van der Waals surface area contributed by atoms with Crippen LogP contribution in [-0.4, -0.2) is 34.8 Å². The zero-order valence-corrected chi connectivity index (χ0v) is 17.8. The minimum atomic E-state index is -0.0779. The number of rotatable bonds is 4. The van der Waals surface area contributed by atoms with Gasteiger partial charge in [0.15, 0.2) is 0 Å². The third-order valence-electron chi connectivity index (χ3n) is 6.55. The molecule has 2 aromatic rings. The molecule has 4 rings (SSSR count). The van der Waals surface area contributed by atoms with Gasteiger partial charge < -0.3 is 10.2 Å². The average molecular weight is 406 g/mol. The second-order valence-electron chi connectivity index (χ2n) is 8.73. The first kappa shape index (κ1) is 20.6. The number of anilines is 1. The summed E-state index contributed by atoms with van der Waals surface area (Å²) in [5, 5.41) is 2.90. The molecule has 2 heterocycles. The molecule has 2 amide bonds. The minimum absolute atomic E-state index is 0.00436. The summed E-state index contributed by atoms with van der Waals surface area (Å²) < 4.78 is 0. The molecular weight excluding hydrogens is 374 g/mol. The van der Waals surface area contributed by atoms with Crippen molar-refractivity contribution in [2.24, 2.45) is 5.92 Å². The highest BCUT2D eigenvalue weighted by atomic mass is 16.2. The van der Waals surface area contributed by atoms with E-state index in [0.29, 0.717) is 37.7 Å². The van der Waals surface area contributed by atoms with E-state index in [2.05, 4.69) is 22.4 Å². The Bertz CT molecular complexity index is 862. The highest BCUT2D eigenvalue weighted by Gasteiger charge is 2.28. The van der Waals surface area contributed by atoms with Crippen LogP contribution in [0.25, 0.3) is 0 Å². The molecule has 2 fully saturated rings. The van der Waals surface area contributed by atoms with Gasteiger partial charge in [0, 0.05) is 30.8 Å². The van der Waals surface area contributed by atoms with Crippen LogP contribution in [0.4, 0.5) is 5.82 Å². The number of pyridine rings is 1. The SMILES string of the molecule is Cc1ccc(NC(=O)C2CCN(C(=O)c3ccc(C4CCCCC4)cc3)CC2)nc1. The molecule has 1 saturated heterocycles. The van der Waals surface area contributed by atoms with Gasteiger partial charge in [0.1, 0.15) is 5.82 Å². The average Bonchev–Trinajstić information content (AvgIpc) is 2.81. The van der Waals surface area contributed by atoms with Gasteiger partial charge in [-0.05, 0) is 67.9 Å². The van der Waals surface area contributed by atoms with Crippen LogP contribution in [0.15, 0.2) is 42.6 Å². The molecule has 5 heteroatoms. The summed E-state index contributed by atoms with van der Waals surface area (Å²) >= 11 is 0. The summed E-state index contributed by atoms with van der Waals surface area (Å²) in [4.78, 5) is 31.6. The van der Waals surface area contributed by atoms with Crippen LogP contribution in [0.1, 0.15) is 72.3 Å². The van der Waals surface area contributed by atoms with Crippen LogP contribution in [-0.2, 0) is 4.79 Å². The third-order valence-corrected chi connectivity index (χ3v) is 6.55. The quantitative estimate of drug-likeness (QED) is 0.785. The Hall–Kier alpha value is -2.69. The third kappa shape index (κ3) is 4.89. The number of carbonyl (C=O) groups excluding carboxylic acids is 2. The van der Waals surface area contributed by atoms with Crippen molar-refractivity contribution in [3.63, 3.8) is 0 Å². The molecule has 1 aliphatic heterocycles. The monoisotopic (exact) mass is 405 g/mol. The molecule has 158 valence electrons. The molecule has 0 atom stereocenters. The lowest BCUT2D eigenvalue weighted by Crippen LogP contribution is -2.41. The molecule has 0 spiro atoms. The maximum Gasteiger partial charge on any atom is 0.253 e. The Labute approximate surface area is 178 Å². The van der Waals surface area contributed by atoms with Gasteiger partial charge in [-0.1, -0.05) is 37.5 Å². The number of benzene rings is 1. The lowest BCUT2D eigenvalue weighted by Gasteiger charge is -2.31. The van der Waals surface area contributed by atoms with Crippen molar-refractivity contribution in [3.05, 3.63) is 59.3 Å². The number of hydrogen-bond donors (Lipinski definition) is 1. The van der Waals surface area contributed by atoms with E-state index in [1.807, 2.05) is 36.1 Å². The van der Waals surface area contributed by atoms with Crippen LogP contribution in [0.2, 0.25) is 0 Å². The summed E-state index contributed by atoms with van der Waals surface area (Å²) in [7, 11) is 0. The van der Waals surface area contributed by atoms with Crippen molar-refractivity contribution < 1.29 is 9.59 Å². The number of amides is 2. The lowest BCUT2D eigenvalue weighted by atomic mass is 9.84. The van der Waals surface area contributed by atoms with Crippen LogP contribution >= 0.6 is 0 Å². The van der Waals surface area contributed by atoms with Crippen molar-refractivity contribution in [2.45, 2.75) is 57.8 Å². The van der Waals surface area contributed by atoms with Gasteiger partial charge in [0.2, 0.25) is 5.91 Å². The molecule has 0 bridgehead atoms. The van der Waals surface area contributed by atoms with Crippen LogP contribution in [0.3, 0.4) is 0 Å². The number of nitrogens with zero attached hydrogens (tertiary/aromatic N) is 2. The topological polar surface area (TPSA) is 62.3 Å². The molecule has 1 saturated carbocycles. The van der Waals surface area contributed by atoms with Gasteiger partial charge in [-0.3, -0.25) is 9.59 Å². The maximum atomic E-state index is 12.9. The van der Waals surface area contributed by atoms with E-state index in [1.54, 1.807) is 6.20 Å². The van der Waals surface area contributed by atoms with E-state index in [1.165, 1.54) is 37.7 Å². The normalized spacial score (nSPS) is 18.2. The molecule has 0 unspecified atom stereocenters. The van der Waals surface area contributed by atoms with Gasteiger partial charge in [0.05, 0.1) is 0 Å². The first-order chi connectivity index (χ1) is 14.6. The van der Waals surface area contributed by atoms with Crippen molar-refractivity contribution in [1.82, 2.24) is 9.88 Å². The number of carbonyl (C=O) groups is 2. The Morgan fingerprint density at radius 2 is 1.63 bits per heavy atom. The summed E-state index contributed by atoms with van der Waals surface area (Å²) in [6.07, 6.45) is 9.62. The van der Waals surface area contributed by atoms with Gasteiger partial charge >= 0.3 is 0 Å². The van der Waals surface area contributed by atoms with E-state index in [0.717, 1.165) is 11.1 Å². The van der Waals surface area contributed by atoms with Crippen LogP contribution < -0.4 is 5.32 Å². The minimum Gasteiger partial charge on any atom is -0.339 e. The largest absolute Gasteiger partial charge is 0.339 e. The number of hydrogen-bond acceptors (Lipinski definition) is 3. The Balaban J connectivity index is 1.29. The van der Waals surface area contributed by atoms with Gasteiger partial charge in [-0.2, -0.15) is 0 Å². The molecule has 1 N–H and O–H groups in total. The fraction of sp³-hybridized carbons (Fsp3) is 0.480. The number of aryl methyl sites for hydroxylation is 1. The maximum absolute atomic E-state index is 12.9. The predicted octanol–water partition coefficient (Wildman–Crippen LogP) is 4.93. The highest BCUT2D eigenvalue weighted by Crippen LogP contribution is 2.32. The number of nitrogens with one attached hydrogen (secondary N) is 1. The van der Waals surface area contributed by atoms with Crippen LogP contribution in [0, 0.1) is 12.8 Å². The summed E-state index contributed by atoms with van der Waals surface area (Å²) in [5.74, 6) is 1.23. The highest BCUT2D eigenvalue weighted by molar-refractivity contribution is 5.95. The first-order valence-electron chi connectivity index (χ1n) is 11.2. The van der Waals surface area contributed by atoms with Gasteiger partial charge in [-0.15, -0.1) is 0 Å². The van der Waals surface area contributed by atoms with Gasteiger partial charge in [0.25, 0.3) is 5.91 Å². The number of piperidine rings is 1. The summed E-state index contributed by atoms with van der Waals surface area (Å²) in [6.45, 7) is 3.19. The zero-order valence-electron chi connectivity index (χ0n) is 17.8. The fourth-order valence-electron chi connectivity index (χ4n) is 4.63. The van der Waals surface area contributed by atoms with E-state index < -0.39 is 0 Å². The zero-order chi connectivity index (χ0) is 20.9. The van der Waals surface area contributed by atoms with E-state index in [4.69, 9.17) is 0 Å². The fourth-order valence-corrected chi connectivity index (χ4v) is 4.63. The Morgan fingerprint density at radius 1 is 0.933 bits per heavy atom. The molecule has 5 nitrogen and oxygen atoms in total.